The van der Waals surface area contributed by atoms with Crippen molar-refractivity contribution >= 4 is 11.0 Å². The quantitative estimate of drug-likeness (QED) is 0.768. The van der Waals surface area contributed by atoms with E-state index in [1.807, 2.05) is 19.9 Å². The number of hydrogen-bond acceptors (Lipinski definition) is 2. The van der Waals surface area contributed by atoms with Crippen LogP contribution in [0, 0.1) is 13.8 Å². The molecule has 0 saturated carbocycles. The predicted octanol–water partition coefficient (Wildman–Crippen LogP) is 1.49. The number of H-pyrrole nitrogens is 1. The predicted molar refractivity (Wildman–Crippen MR) is 59.6 cm³/mol. The molecule has 0 fully saturated rings. The summed E-state index contributed by atoms with van der Waals surface area (Å²) in [4.78, 5) is 14.3. The number of benzene rings is 1. The van der Waals surface area contributed by atoms with Gasteiger partial charge < -0.3 is 9.72 Å². The zero-order valence-corrected chi connectivity index (χ0v) is 9.34. The number of nitrogens with one attached hydrogen (secondary N) is 1. The van der Waals surface area contributed by atoms with E-state index in [-0.39, 0.29) is 5.69 Å². The molecule has 0 bridgehead atoms. The van der Waals surface area contributed by atoms with E-state index in [9.17, 15) is 4.79 Å². The van der Waals surface area contributed by atoms with Gasteiger partial charge in [0.25, 0.3) is 0 Å². The third-order valence-corrected chi connectivity index (χ3v) is 2.87. The van der Waals surface area contributed by atoms with Gasteiger partial charge in [0.2, 0.25) is 0 Å². The van der Waals surface area contributed by atoms with Gasteiger partial charge in [-0.25, -0.2) is 4.79 Å². The first-order valence-electron chi connectivity index (χ1n) is 4.79. The van der Waals surface area contributed by atoms with E-state index >= 15 is 0 Å². The molecule has 0 aliphatic rings. The van der Waals surface area contributed by atoms with E-state index in [1.54, 1.807) is 18.7 Å². The van der Waals surface area contributed by atoms with Crippen LogP contribution in [0.25, 0.3) is 11.0 Å². The number of hydrogen-bond donors (Lipinski definition) is 1. The Balaban J connectivity index is 3.03. The standard InChI is InChI=1S/C11H14N2O2/c1-6-5-8(15-4)9-10(7(6)2)13(3)11(14)12-9/h5H,1-4H3,(H,12,14). The van der Waals surface area contributed by atoms with E-state index in [2.05, 4.69) is 4.98 Å². The minimum absolute atomic E-state index is 0.114. The Labute approximate surface area is 87.5 Å². The molecule has 0 amide bonds. The summed E-state index contributed by atoms with van der Waals surface area (Å²) in [6.07, 6.45) is 0. The fraction of sp³-hybridized carbons (Fsp3) is 0.364. The fourth-order valence-electron chi connectivity index (χ4n) is 1.86. The molecule has 1 heterocycles. The van der Waals surface area contributed by atoms with Crippen molar-refractivity contribution in [2.24, 2.45) is 7.05 Å². The number of methoxy groups -OCH3 is 1. The van der Waals surface area contributed by atoms with Crippen molar-refractivity contribution in [3.63, 3.8) is 0 Å². The topological polar surface area (TPSA) is 47.0 Å². The lowest BCUT2D eigenvalue weighted by Crippen LogP contribution is -2.12. The third-order valence-electron chi connectivity index (χ3n) is 2.87. The molecular weight excluding hydrogens is 192 g/mol. The van der Waals surface area contributed by atoms with Crippen LogP contribution in [0.3, 0.4) is 0 Å². The summed E-state index contributed by atoms with van der Waals surface area (Å²) in [5, 5.41) is 0. The number of aromatic nitrogens is 2. The van der Waals surface area contributed by atoms with Crippen molar-refractivity contribution < 1.29 is 4.74 Å². The van der Waals surface area contributed by atoms with Crippen LogP contribution in [-0.4, -0.2) is 16.7 Å². The molecule has 80 valence electrons. The number of aryl methyl sites for hydroxylation is 3. The fourth-order valence-corrected chi connectivity index (χ4v) is 1.86. The second-order valence-electron chi connectivity index (χ2n) is 3.73. The highest BCUT2D eigenvalue weighted by Gasteiger charge is 2.12. The van der Waals surface area contributed by atoms with Gasteiger partial charge in [0, 0.05) is 7.05 Å². The molecule has 0 aliphatic carbocycles. The van der Waals surface area contributed by atoms with Crippen LogP contribution >= 0.6 is 0 Å². The molecule has 4 nitrogen and oxygen atoms in total. The van der Waals surface area contributed by atoms with E-state index in [0.717, 1.165) is 22.2 Å². The van der Waals surface area contributed by atoms with Crippen molar-refractivity contribution in [3.05, 3.63) is 27.7 Å². The Hall–Kier alpha value is -1.71. The summed E-state index contributed by atoms with van der Waals surface area (Å²) >= 11 is 0. The van der Waals surface area contributed by atoms with E-state index in [1.165, 1.54) is 0 Å². The van der Waals surface area contributed by atoms with Crippen LogP contribution < -0.4 is 10.4 Å². The second kappa shape index (κ2) is 3.15. The summed E-state index contributed by atoms with van der Waals surface area (Å²) in [7, 11) is 3.36. The number of fused-ring (bicyclic) bond motifs is 1. The van der Waals surface area contributed by atoms with Gasteiger partial charge in [-0.3, -0.25) is 4.57 Å². The smallest absolute Gasteiger partial charge is 0.326 e. The Morgan fingerprint density at radius 1 is 1.40 bits per heavy atom. The molecule has 1 aromatic heterocycles. The summed E-state index contributed by atoms with van der Waals surface area (Å²) in [5.41, 5.74) is 3.79. The third kappa shape index (κ3) is 1.25. The zero-order valence-electron chi connectivity index (χ0n) is 9.34. The highest BCUT2D eigenvalue weighted by molar-refractivity contribution is 5.86. The molecule has 1 N–H and O–H groups in total. The number of nitrogens with zero attached hydrogens (tertiary/aromatic N) is 1. The largest absolute Gasteiger partial charge is 0.494 e. The van der Waals surface area contributed by atoms with Gasteiger partial charge in [-0.2, -0.15) is 0 Å². The first-order chi connectivity index (χ1) is 7.06. The molecular formula is C11H14N2O2. The van der Waals surface area contributed by atoms with Crippen molar-refractivity contribution in [1.29, 1.82) is 0 Å². The van der Waals surface area contributed by atoms with Gasteiger partial charge in [0.05, 0.1) is 12.6 Å². The maximum absolute atomic E-state index is 11.5. The molecule has 0 saturated heterocycles. The van der Waals surface area contributed by atoms with E-state index < -0.39 is 0 Å². The lowest BCUT2D eigenvalue weighted by molar-refractivity contribution is 0.418. The zero-order chi connectivity index (χ0) is 11.2. The number of aromatic amines is 1. The maximum atomic E-state index is 11.5. The normalized spacial score (nSPS) is 10.9. The SMILES string of the molecule is COc1cc(C)c(C)c2c1[nH]c(=O)n2C. The van der Waals surface area contributed by atoms with Gasteiger partial charge >= 0.3 is 5.69 Å². The Morgan fingerprint density at radius 3 is 2.67 bits per heavy atom. The number of imidazole rings is 1. The average molecular weight is 206 g/mol. The minimum Gasteiger partial charge on any atom is -0.494 e. The Kier molecular flexibility index (Phi) is 2.07. The number of ether oxygens (including phenoxy) is 1. The molecule has 0 spiro atoms. The summed E-state index contributed by atoms with van der Waals surface area (Å²) in [6.45, 7) is 4.01. The van der Waals surface area contributed by atoms with Crippen LogP contribution in [0.1, 0.15) is 11.1 Å². The van der Waals surface area contributed by atoms with Crippen LogP contribution in [0.15, 0.2) is 10.9 Å². The van der Waals surface area contributed by atoms with Crippen LogP contribution in [0.4, 0.5) is 0 Å². The van der Waals surface area contributed by atoms with Crippen LogP contribution in [0.5, 0.6) is 5.75 Å². The Morgan fingerprint density at radius 2 is 2.07 bits per heavy atom. The number of rotatable bonds is 1. The lowest BCUT2D eigenvalue weighted by Gasteiger charge is -2.07. The maximum Gasteiger partial charge on any atom is 0.326 e. The molecule has 0 atom stereocenters. The summed E-state index contributed by atoms with van der Waals surface area (Å²) in [6, 6.07) is 1.94. The molecule has 2 rings (SSSR count). The van der Waals surface area contributed by atoms with Gasteiger partial charge in [0.15, 0.2) is 0 Å². The highest BCUT2D eigenvalue weighted by atomic mass is 16.5. The van der Waals surface area contributed by atoms with Crippen LogP contribution in [0.2, 0.25) is 0 Å². The monoisotopic (exact) mass is 206 g/mol. The molecule has 2 aromatic rings. The molecule has 1 aromatic carbocycles. The van der Waals surface area contributed by atoms with Gasteiger partial charge in [-0.15, -0.1) is 0 Å². The van der Waals surface area contributed by atoms with Crippen molar-refractivity contribution in [3.8, 4) is 5.75 Å². The first kappa shape index (κ1) is 9.83. The van der Waals surface area contributed by atoms with E-state index in [4.69, 9.17) is 4.74 Å². The molecule has 4 heteroatoms. The molecule has 0 radical (unpaired) electrons. The first-order valence-corrected chi connectivity index (χ1v) is 4.79. The van der Waals surface area contributed by atoms with Crippen molar-refractivity contribution in [2.45, 2.75) is 13.8 Å². The van der Waals surface area contributed by atoms with Crippen molar-refractivity contribution in [1.82, 2.24) is 9.55 Å². The molecule has 0 unspecified atom stereocenters. The van der Waals surface area contributed by atoms with Crippen LogP contribution in [-0.2, 0) is 7.05 Å². The molecule has 0 aliphatic heterocycles. The lowest BCUT2D eigenvalue weighted by atomic mass is 10.1. The highest BCUT2D eigenvalue weighted by Crippen LogP contribution is 2.27. The Bertz CT molecular complexity index is 578. The van der Waals surface area contributed by atoms with E-state index in [0.29, 0.717) is 5.75 Å². The summed E-state index contributed by atoms with van der Waals surface area (Å²) in [5.74, 6) is 0.714. The van der Waals surface area contributed by atoms with Crippen molar-refractivity contribution in [2.75, 3.05) is 7.11 Å². The van der Waals surface area contributed by atoms with Gasteiger partial charge in [-0.1, -0.05) is 0 Å². The van der Waals surface area contributed by atoms with Gasteiger partial charge in [0.1, 0.15) is 11.3 Å². The second-order valence-corrected chi connectivity index (χ2v) is 3.73. The van der Waals surface area contributed by atoms with Gasteiger partial charge in [-0.05, 0) is 31.0 Å². The average Bonchev–Trinajstić information content (AvgIpc) is 2.50. The minimum atomic E-state index is -0.114. The summed E-state index contributed by atoms with van der Waals surface area (Å²) < 4.78 is 6.86. The molecule has 15 heavy (non-hydrogen) atoms.